The first-order valence-corrected chi connectivity index (χ1v) is 8.83. The van der Waals surface area contributed by atoms with Gasteiger partial charge in [0.05, 0.1) is 19.7 Å². The highest BCUT2D eigenvalue weighted by molar-refractivity contribution is 5.94. The van der Waals surface area contributed by atoms with Crippen LogP contribution in [0, 0.1) is 6.92 Å². The standard InChI is InChI=1S/C19H25N5O3/c1-4-11-20-18-15(23-16(25)9-10-17(26)27-3)12-21-19(24-18)22-14-7-5-13(2)6-8-14/h5-8,12H,4,9-11H2,1-3H3,(H,23,25)(H2,20,21,22,24). The van der Waals surface area contributed by atoms with Crippen LogP contribution in [0.25, 0.3) is 0 Å². The van der Waals surface area contributed by atoms with E-state index in [1.54, 1.807) is 0 Å². The van der Waals surface area contributed by atoms with Gasteiger partial charge < -0.3 is 20.7 Å². The summed E-state index contributed by atoms with van der Waals surface area (Å²) >= 11 is 0. The number of hydrogen-bond acceptors (Lipinski definition) is 7. The van der Waals surface area contributed by atoms with Crippen molar-refractivity contribution >= 4 is 35.0 Å². The number of amides is 1. The average molecular weight is 371 g/mol. The van der Waals surface area contributed by atoms with E-state index >= 15 is 0 Å². The van der Waals surface area contributed by atoms with E-state index in [1.807, 2.05) is 38.1 Å². The summed E-state index contributed by atoms with van der Waals surface area (Å²) < 4.78 is 4.54. The first-order chi connectivity index (χ1) is 13.0. The fourth-order valence-corrected chi connectivity index (χ4v) is 2.21. The number of carbonyl (C=O) groups excluding carboxylic acids is 2. The van der Waals surface area contributed by atoms with Crippen LogP contribution in [0.15, 0.2) is 30.5 Å². The van der Waals surface area contributed by atoms with Crippen molar-refractivity contribution in [1.82, 2.24) is 9.97 Å². The number of esters is 1. The molecule has 27 heavy (non-hydrogen) atoms. The van der Waals surface area contributed by atoms with E-state index in [9.17, 15) is 9.59 Å². The lowest BCUT2D eigenvalue weighted by atomic mass is 10.2. The number of anilines is 4. The molecule has 2 rings (SSSR count). The van der Waals surface area contributed by atoms with Crippen LogP contribution in [0.2, 0.25) is 0 Å². The molecule has 8 nitrogen and oxygen atoms in total. The van der Waals surface area contributed by atoms with Gasteiger partial charge in [-0.1, -0.05) is 24.6 Å². The number of ether oxygens (including phenoxy) is 1. The van der Waals surface area contributed by atoms with Gasteiger partial charge in [0.1, 0.15) is 5.69 Å². The summed E-state index contributed by atoms with van der Waals surface area (Å²) in [5, 5.41) is 9.06. The number of carbonyl (C=O) groups is 2. The molecule has 0 bridgehead atoms. The summed E-state index contributed by atoms with van der Waals surface area (Å²) in [5.41, 5.74) is 2.50. The molecule has 0 spiro atoms. The molecule has 0 aliphatic rings. The average Bonchev–Trinajstić information content (AvgIpc) is 2.67. The van der Waals surface area contributed by atoms with Crippen molar-refractivity contribution in [3.63, 3.8) is 0 Å². The number of nitrogens with zero attached hydrogens (tertiary/aromatic N) is 2. The predicted octanol–water partition coefficient (Wildman–Crippen LogP) is 3.24. The second kappa shape index (κ2) is 10.1. The fourth-order valence-electron chi connectivity index (χ4n) is 2.21. The molecule has 1 heterocycles. The van der Waals surface area contributed by atoms with Gasteiger partial charge in [0.2, 0.25) is 11.9 Å². The number of methoxy groups -OCH3 is 1. The fraction of sp³-hybridized carbons (Fsp3) is 0.368. The maximum absolute atomic E-state index is 12.0. The van der Waals surface area contributed by atoms with Gasteiger partial charge in [0.15, 0.2) is 5.82 Å². The van der Waals surface area contributed by atoms with Crippen LogP contribution < -0.4 is 16.0 Å². The number of hydrogen-bond donors (Lipinski definition) is 3. The summed E-state index contributed by atoms with van der Waals surface area (Å²) in [7, 11) is 1.29. The third-order valence-corrected chi connectivity index (χ3v) is 3.70. The van der Waals surface area contributed by atoms with E-state index in [0.29, 0.717) is 24.0 Å². The highest BCUT2D eigenvalue weighted by atomic mass is 16.5. The Hall–Kier alpha value is -3.16. The number of benzene rings is 1. The van der Waals surface area contributed by atoms with Crippen molar-refractivity contribution in [2.45, 2.75) is 33.1 Å². The molecule has 0 saturated carbocycles. The zero-order chi connectivity index (χ0) is 19.6. The van der Waals surface area contributed by atoms with Crippen molar-refractivity contribution in [2.75, 3.05) is 29.6 Å². The Morgan fingerprint density at radius 1 is 1.15 bits per heavy atom. The second-order valence-electron chi connectivity index (χ2n) is 6.00. The Morgan fingerprint density at radius 3 is 2.56 bits per heavy atom. The number of aryl methyl sites for hydroxylation is 1. The van der Waals surface area contributed by atoms with Crippen molar-refractivity contribution in [2.24, 2.45) is 0 Å². The first-order valence-electron chi connectivity index (χ1n) is 8.83. The topological polar surface area (TPSA) is 105 Å². The summed E-state index contributed by atoms with van der Waals surface area (Å²) in [6.45, 7) is 4.75. The van der Waals surface area contributed by atoms with E-state index in [0.717, 1.165) is 17.7 Å². The maximum Gasteiger partial charge on any atom is 0.306 e. The molecule has 1 aromatic carbocycles. The molecular formula is C19H25N5O3. The number of nitrogens with one attached hydrogen (secondary N) is 3. The highest BCUT2D eigenvalue weighted by Gasteiger charge is 2.12. The minimum absolute atomic E-state index is 0.0218. The predicted molar refractivity (Wildman–Crippen MR) is 105 cm³/mol. The summed E-state index contributed by atoms with van der Waals surface area (Å²) in [4.78, 5) is 31.9. The van der Waals surface area contributed by atoms with Crippen LogP contribution >= 0.6 is 0 Å². The molecule has 0 radical (unpaired) electrons. The maximum atomic E-state index is 12.0. The van der Waals surface area contributed by atoms with Crippen LogP contribution in [0.1, 0.15) is 31.7 Å². The Labute approximate surface area is 158 Å². The lowest BCUT2D eigenvalue weighted by Crippen LogP contribution is -2.17. The largest absolute Gasteiger partial charge is 0.469 e. The van der Waals surface area contributed by atoms with Gasteiger partial charge in [-0.25, -0.2) is 4.98 Å². The molecule has 1 amide bonds. The van der Waals surface area contributed by atoms with Crippen LogP contribution in [0.4, 0.5) is 23.1 Å². The van der Waals surface area contributed by atoms with E-state index in [2.05, 4.69) is 30.7 Å². The van der Waals surface area contributed by atoms with Crippen LogP contribution in [-0.2, 0) is 14.3 Å². The van der Waals surface area contributed by atoms with Gasteiger partial charge in [0, 0.05) is 18.7 Å². The van der Waals surface area contributed by atoms with Gasteiger partial charge in [0.25, 0.3) is 0 Å². The molecular weight excluding hydrogens is 346 g/mol. The third kappa shape index (κ3) is 6.58. The minimum atomic E-state index is -0.427. The van der Waals surface area contributed by atoms with Gasteiger partial charge >= 0.3 is 5.97 Å². The van der Waals surface area contributed by atoms with Crippen molar-refractivity contribution in [3.05, 3.63) is 36.0 Å². The Bertz CT molecular complexity index is 777. The third-order valence-electron chi connectivity index (χ3n) is 3.70. The Morgan fingerprint density at radius 2 is 1.89 bits per heavy atom. The lowest BCUT2D eigenvalue weighted by molar-refractivity contribution is -0.141. The molecule has 144 valence electrons. The molecule has 1 aromatic heterocycles. The highest BCUT2D eigenvalue weighted by Crippen LogP contribution is 2.22. The van der Waals surface area contributed by atoms with E-state index < -0.39 is 5.97 Å². The molecule has 0 aliphatic carbocycles. The Kier molecular flexibility index (Phi) is 7.54. The zero-order valence-electron chi connectivity index (χ0n) is 15.8. The lowest BCUT2D eigenvalue weighted by Gasteiger charge is -2.13. The molecule has 0 aliphatic heterocycles. The van der Waals surface area contributed by atoms with E-state index in [4.69, 9.17) is 0 Å². The molecule has 3 N–H and O–H groups in total. The quantitative estimate of drug-likeness (QED) is 0.581. The molecule has 0 atom stereocenters. The molecule has 8 heteroatoms. The van der Waals surface area contributed by atoms with Gasteiger partial charge in [-0.15, -0.1) is 0 Å². The van der Waals surface area contributed by atoms with Crippen molar-refractivity contribution < 1.29 is 14.3 Å². The van der Waals surface area contributed by atoms with Gasteiger partial charge in [-0.3, -0.25) is 9.59 Å². The summed E-state index contributed by atoms with van der Waals surface area (Å²) in [6.07, 6.45) is 2.50. The summed E-state index contributed by atoms with van der Waals surface area (Å²) in [5.74, 6) is 0.212. The molecule has 0 fully saturated rings. The second-order valence-corrected chi connectivity index (χ2v) is 6.00. The van der Waals surface area contributed by atoms with E-state index in [-0.39, 0.29) is 18.7 Å². The monoisotopic (exact) mass is 371 g/mol. The number of aromatic nitrogens is 2. The zero-order valence-corrected chi connectivity index (χ0v) is 15.8. The van der Waals surface area contributed by atoms with E-state index in [1.165, 1.54) is 13.3 Å². The van der Waals surface area contributed by atoms with Crippen molar-refractivity contribution in [1.29, 1.82) is 0 Å². The van der Waals surface area contributed by atoms with Crippen LogP contribution in [0.3, 0.4) is 0 Å². The molecule has 0 saturated heterocycles. The smallest absolute Gasteiger partial charge is 0.306 e. The normalized spacial score (nSPS) is 10.2. The van der Waals surface area contributed by atoms with Crippen molar-refractivity contribution in [3.8, 4) is 0 Å². The number of rotatable bonds is 9. The minimum Gasteiger partial charge on any atom is -0.469 e. The van der Waals surface area contributed by atoms with Crippen LogP contribution in [-0.4, -0.2) is 35.5 Å². The SMILES string of the molecule is CCCNc1nc(Nc2ccc(C)cc2)ncc1NC(=O)CCC(=O)OC. The van der Waals surface area contributed by atoms with Gasteiger partial charge in [-0.05, 0) is 25.5 Å². The van der Waals surface area contributed by atoms with Gasteiger partial charge in [-0.2, -0.15) is 4.98 Å². The first kappa shape index (κ1) is 20.2. The molecule has 0 unspecified atom stereocenters. The van der Waals surface area contributed by atoms with Crippen LogP contribution in [0.5, 0.6) is 0 Å². The molecule has 2 aromatic rings. The summed E-state index contributed by atoms with van der Waals surface area (Å²) in [6, 6.07) is 7.88. The Balaban J connectivity index is 2.10.